The summed E-state index contributed by atoms with van der Waals surface area (Å²) in [6, 6.07) is 14.3. The minimum absolute atomic E-state index is 0.738. The SMILES string of the molecule is c1cc(CNc2ccc(-n3ccnn3)cc2)c2[nH]ncc2c1. The molecule has 4 rings (SSSR count). The highest BCUT2D eigenvalue weighted by atomic mass is 15.4. The van der Waals surface area contributed by atoms with Crippen LogP contribution in [0.25, 0.3) is 16.6 Å². The van der Waals surface area contributed by atoms with Gasteiger partial charge in [0.15, 0.2) is 0 Å². The van der Waals surface area contributed by atoms with Crippen LogP contribution in [0.5, 0.6) is 0 Å². The molecular formula is C16H14N6. The Bertz CT molecular complexity index is 877. The maximum Gasteiger partial charge on any atom is 0.0700 e. The fourth-order valence-corrected chi connectivity index (χ4v) is 2.45. The van der Waals surface area contributed by atoms with E-state index in [1.54, 1.807) is 10.9 Å². The largest absolute Gasteiger partial charge is 0.381 e. The normalized spacial score (nSPS) is 10.9. The lowest BCUT2D eigenvalue weighted by atomic mass is 10.1. The van der Waals surface area contributed by atoms with E-state index in [0.717, 1.165) is 28.8 Å². The first kappa shape index (κ1) is 12.6. The van der Waals surface area contributed by atoms with E-state index in [0.29, 0.717) is 0 Å². The van der Waals surface area contributed by atoms with Crippen LogP contribution in [0.15, 0.2) is 61.1 Å². The van der Waals surface area contributed by atoms with Crippen LogP contribution in [0.2, 0.25) is 0 Å². The highest BCUT2D eigenvalue weighted by molar-refractivity contribution is 5.81. The first-order valence-electron chi connectivity index (χ1n) is 7.02. The summed E-state index contributed by atoms with van der Waals surface area (Å²) in [5.41, 5.74) is 4.31. The molecule has 0 spiro atoms. The fourth-order valence-electron chi connectivity index (χ4n) is 2.45. The maximum absolute atomic E-state index is 4.09. The van der Waals surface area contributed by atoms with E-state index < -0.39 is 0 Å². The molecule has 108 valence electrons. The average molecular weight is 290 g/mol. The number of hydrogen-bond acceptors (Lipinski definition) is 4. The fraction of sp³-hybridized carbons (Fsp3) is 0.0625. The van der Waals surface area contributed by atoms with Gasteiger partial charge in [0.05, 0.1) is 29.8 Å². The molecule has 2 N–H and O–H groups in total. The summed E-state index contributed by atoms with van der Waals surface area (Å²) in [7, 11) is 0. The number of aromatic nitrogens is 5. The zero-order chi connectivity index (χ0) is 14.8. The molecule has 0 unspecified atom stereocenters. The molecule has 0 saturated heterocycles. The molecule has 2 aromatic carbocycles. The molecule has 0 aliphatic carbocycles. The Balaban J connectivity index is 1.51. The Hall–Kier alpha value is -3.15. The number of anilines is 1. The number of para-hydroxylation sites is 1. The number of hydrogen-bond donors (Lipinski definition) is 2. The van der Waals surface area contributed by atoms with Crippen LogP contribution >= 0.6 is 0 Å². The van der Waals surface area contributed by atoms with Gasteiger partial charge in [-0.15, -0.1) is 5.10 Å². The highest BCUT2D eigenvalue weighted by Gasteiger charge is 2.03. The van der Waals surface area contributed by atoms with E-state index in [2.05, 4.69) is 38.0 Å². The predicted octanol–water partition coefficient (Wildman–Crippen LogP) is 2.76. The second-order valence-corrected chi connectivity index (χ2v) is 5.00. The molecule has 6 heteroatoms. The summed E-state index contributed by atoms with van der Waals surface area (Å²) in [6.07, 6.45) is 5.32. The van der Waals surface area contributed by atoms with Crippen molar-refractivity contribution in [3.8, 4) is 5.69 Å². The number of nitrogens with one attached hydrogen (secondary N) is 2. The minimum atomic E-state index is 0.738. The number of rotatable bonds is 4. The van der Waals surface area contributed by atoms with Gasteiger partial charge >= 0.3 is 0 Å². The molecule has 0 fully saturated rings. The van der Waals surface area contributed by atoms with Gasteiger partial charge in [-0.1, -0.05) is 23.4 Å². The number of H-pyrrole nitrogens is 1. The molecule has 0 aliphatic rings. The Kier molecular flexibility index (Phi) is 3.05. The summed E-state index contributed by atoms with van der Waals surface area (Å²) in [4.78, 5) is 0. The van der Waals surface area contributed by atoms with Crippen LogP contribution in [0.3, 0.4) is 0 Å². The van der Waals surface area contributed by atoms with Gasteiger partial charge < -0.3 is 5.32 Å². The van der Waals surface area contributed by atoms with Gasteiger partial charge in [-0.05, 0) is 29.8 Å². The van der Waals surface area contributed by atoms with E-state index in [1.807, 2.05) is 42.7 Å². The zero-order valence-corrected chi connectivity index (χ0v) is 11.8. The Morgan fingerprint density at radius 2 is 2.00 bits per heavy atom. The molecule has 2 heterocycles. The number of nitrogens with zero attached hydrogens (tertiary/aromatic N) is 4. The summed E-state index contributed by atoms with van der Waals surface area (Å²) in [6.45, 7) is 0.738. The molecule has 0 bridgehead atoms. The standard InChI is InChI=1S/C16H14N6/c1-2-12(16-13(3-1)11-19-20-16)10-17-14-4-6-15(7-5-14)22-9-8-18-21-22/h1-9,11,17H,10H2,(H,19,20). The topological polar surface area (TPSA) is 71.4 Å². The maximum atomic E-state index is 4.09. The van der Waals surface area contributed by atoms with Crippen molar-refractivity contribution in [2.75, 3.05) is 5.32 Å². The van der Waals surface area contributed by atoms with Gasteiger partial charge in [0.1, 0.15) is 0 Å². The van der Waals surface area contributed by atoms with Crippen LogP contribution in [0.4, 0.5) is 5.69 Å². The Morgan fingerprint density at radius 3 is 2.82 bits per heavy atom. The van der Waals surface area contributed by atoms with Crippen molar-refractivity contribution in [3.05, 3.63) is 66.6 Å². The summed E-state index contributed by atoms with van der Waals surface area (Å²) >= 11 is 0. The number of aromatic amines is 1. The lowest BCUT2D eigenvalue weighted by molar-refractivity contribution is 0.803. The van der Waals surface area contributed by atoms with Gasteiger partial charge in [0.25, 0.3) is 0 Å². The van der Waals surface area contributed by atoms with Crippen molar-refractivity contribution in [3.63, 3.8) is 0 Å². The van der Waals surface area contributed by atoms with Gasteiger partial charge in [-0.2, -0.15) is 5.10 Å². The molecule has 0 atom stereocenters. The van der Waals surface area contributed by atoms with E-state index >= 15 is 0 Å². The molecule has 0 radical (unpaired) electrons. The molecule has 6 nitrogen and oxygen atoms in total. The lowest BCUT2D eigenvalue weighted by Gasteiger charge is -2.08. The highest BCUT2D eigenvalue weighted by Crippen LogP contribution is 2.18. The molecule has 0 saturated carbocycles. The molecule has 0 amide bonds. The van der Waals surface area contributed by atoms with Crippen molar-refractivity contribution < 1.29 is 0 Å². The van der Waals surface area contributed by atoms with Crippen molar-refractivity contribution in [1.82, 2.24) is 25.2 Å². The number of fused-ring (bicyclic) bond motifs is 1. The van der Waals surface area contributed by atoms with Gasteiger partial charge in [0.2, 0.25) is 0 Å². The van der Waals surface area contributed by atoms with E-state index in [4.69, 9.17) is 0 Å². The third-order valence-electron chi connectivity index (χ3n) is 3.60. The molecule has 22 heavy (non-hydrogen) atoms. The van der Waals surface area contributed by atoms with Crippen LogP contribution < -0.4 is 5.32 Å². The van der Waals surface area contributed by atoms with Gasteiger partial charge in [0, 0.05) is 17.6 Å². The first-order valence-corrected chi connectivity index (χ1v) is 7.02. The lowest BCUT2D eigenvalue weighted by Crippen LogP contribution is -2.01. The van der Waals surface area contributed by atoms with E-state index in [-0.39, 0.29) is 0 Å². The average Bonchev–Trinajstić information content (AvgIpc) is 3.24. The van der Waals surface area contributed by atoms with Crippen LogP contribution in [0.1, 0.15) is 5.56 Å². The Morgan fingerprint density at radius 1 is 1.09 bits per heavy atom. The predicted molar refractivity (Wildman–Crippen MR) is 84.8 cm³/mol. The van der Waals surface area contributed by atoms with Crippen molar-refractivity contribution >= 4 is 16.6 Å². The summed E-state index contributed by atoms with van der Waals surface area (Å²) in [5, 5.41) is 19.5. The smallest absolute Gasteiger partial charge is 0.0700 e. The summed E-state index contributed by atoms with van der Waals surface area (Å²) in [5.74, 6) is 0. The summed E-state index contributed by atoms with van der Waals surface area (Å²) < 4.78 is 1.73. The third-order valence-corrected chi connectivity index (χ3v) is 3.60. The second-order valence-electron chi connectivity index (χ2n) is 5.00. The zero-order valence-electron chi connectivity index (χ0n) is 11.8. The monoisotopic (exact) mass is 290 g/mol. The third kappa shape index (κ3) is 2.31. The second kappa shape index (κ2) is 5.33. The molecule has 4 aromatic rings. The number of benzene rings is 2. The van der Waals surface area contributed by atoms with Crippen molar-refractivity contribution in [2.45, 2.75) is 6.54 Å². The van der Waals surface area contributed by atoms with Gasteiger partial charge in [-0.3, -0.25) is 5.10 Å². The van der Waals surface area contributed by atoms with E-state index in [9.17, 15) is 0 Å². The van der Waals surface area contributed by atoms with E-state index in [1.165, 1.54) is 5.56 Å². The van der Waals surface area contributed by atoms with Crippen LogP contribution in [-0.2, 0) is 6.54 Å². The molecular weight excluding hydrogens is 276 g/mol. The first-order chi connectivity index (χ1) is 10.9. The molecule has 2 aromatic heterocycles. The quantitative estimate of drug-likeness (QED) is 0.606. The molecule has 0 aliphatic heterocycles. The van der Waals surface area contributed by atoms with Crippen molar-refractivity contribution in [1.29, 1.82) is 0 Å². The Labute approximate surface area is 126 Å². The van der Waals surface area contributed by atoms with Crippen LogP contribution in [-0.4, -0.2) is 25.2 Å². The van der Waals surface area contributed by atoms with Crippen molar-refractivity contribution in [2.24, 2.45) is 0 Å². The van der Waals surface area contributed by atoms with Crippen LogP contribution in [0, 0.1) is 0 Å². The van der Waals surface area contributed by atoms with Gasteiger partial charge in [-0.25, -0.2) is 4.68 Å². The minimum Gasteiger partial charge on any atom is -0.381 e.